The third-order valence-electron chi connectivity index (χ3n) is 3.42. The number of benzene rings is 1. The summed E-state index contributed by atoms with van der Waals surface area (Å²) in [5.41, 5.74) is 0.259. The number of nitrogens with zero attached hydrogens (tertiary/aromatic N) is 1. The maximum absolute atomic E-state index is 13.9. The highest BCUT2D eigenvalue weighted by atomic mass is 19.1. The van der Waals surface area contributed by atoms with E-state index in [1.165, 1.54) is 12.1 Å². The summed E-state index contributed by atoms with van der Waals surface area (Å²) in [6.45, 7) is 3.41. The first-order chi connectivity index (χ1) is 9.15. The van der Waals surface area contributed by atoms with Crippen LogP contribution in [0.1, 0.15) is 25.3 Å². The summed E-state index contributed by atoms with van der Waals surface area (Å²) >= 11 is 0. The van der Waals surface area contributed by atoms with E-state index < -0.39 is 11.6 Å². The molecule has 0 radical (unpaired) electrons. The Morgan fingerprint density at radius 1 is 1.26 bits per heavy atom. The second-order valence-corrected chi connectivity index (χ2v) is 4.71. The summed E-state index contributed by atoms with van der Waals surface area (Å²) < 4.78 is 33.3. The van der Waals surface area contributed by atoms with Crippen molar-refractivity contribution in [2.45, 2.75) is 32.5 Å². The summed E-state index contributed by atoms with van der Waals surface area (Å²) in [5, 5.41) is 8.92. The van der Waals surface area contributed by atoms with Gasteiger partial charge in [0.2, 0.25) is 0 Å². The molecule has 1 heterocycles. The van der Waals surface area contributed by atoms with Gasteiger partial charge in [0.25, 0.3) is 0 Å². The lowest BCUT2D eigenvalue weighted by molar-refractivity contribution is 0.0457. The monoisotopic (exact) mass is 271 g/mol. The van der Waals surface area contributed by atoms with E-state index in [0.29, 0.717) is 19.7 Å². The van der Waals surface area contributed by atoms with Gasteiger partial charge in [0.05, 0.1) is 12.7 Å². The Morgan fingerprint density at radius 3 is 2.32 bits per heavy atom. The van der Waals surface area contributed by atoms with Gasteiger partial charge >= 0.3 is 0 Å². The van der Waals surface area contributed by atoms with E-state index in [2.05, 4.69) is 0 Å². The largest absolute Gasteiger partial charge is 0.392 e. The molecule has 0 saturated carbocycles. The van der Waals surface area contributed by atoms with Crippen molar-refractivity contribution in [2.24, 2.45) is 0 Å². The summed E-state index contributed by atoms with van der Waals surface area (Å²) in [6.07, 6.45) is 1.73. The lowest BCUT2D eigenvalue weighted by Gasteiger charge is -2.33. The first-order valence-corrected chi connectivity index (χ1v) is 6.61. The average molecular weight is 271 g/mol. The summed E-state index contributed by atoms with van der Waals surface area (Å²) in [4.78, 5) is 1.71. The standard InChI is InChI=1S/C14H19F2NO2/c1-2-19-11-3-5-17(6-4-11)14-12(15)7-10(9-18)8-13(14)16/h7-8,11,18H,2-6,9H2,1H3. The van der Waals surface area contributed by atoms with Crippen LogP contribution in [0.5, 0.6) is 0 Å². The van der Waals surface area contributed by atoms with Crippen molar-refractivity contribution in [2.75, 3.05) is 24.6 Å². The van der Waals surface area contributed by atoms with E-state index in [-0.39, 0.29) is 24.0 Å². The topological polar surface area (TPSA) is 32.7 Å². The molecule has 2 rings (SSSR count). The number of hydrogen-bond acceptors (Lipinski definition) is 3. The molecule has 0 aromatic heterocycles. The van der Waals surface area contributed by atoms with Gasteiger partial charge in [-0.3, -0.25) is 0 Å². The number of ether oxygens (including phenoxy) is 1. The minimum Gasteiger partial charge on any atom is -0.392 e. The number of hydrogen-bond donors (Lipinski definition) is 1. The molecule has 1 saturated heterocycles. The van der Waals surface area contributed by atoms with E-state index in [0.717, 1.165) is 12.8 Å². The van der Waals surface area contributed by atoms with Crippen molar-refractivity contribution in [1.29, 1.82) is 0 Å². The molecule has 0 bridgehead atoms. The van der Waals surface area contributed by atoms with Crippen LogP contribution < -0.4 is 4.90 Å². The normalized spacial score (nSPS) is 16.9. The minimum absolute atomic E-state index is 0.00662. The average Bonchev–Trinajstić information content (AvgIpc) is 2.40. The molecule has 1 aliphatic rings. The number of piperidine rings is 1. The molecule has 1 aromatic carbocycles. The fourth-order valence-corrected chi connectivity index (χ4v) is 2.49. The van der Waals surface area contributed by atoms with Crippen LogP contribution in [0, 0.1) is 11.6 Å². The summed E-state index contributed by atoms with van der Waals surface area (Å²) in [5.74, 6) is -1.22. The zero-order valence-corrected chi connectivity index (χ0v) is 11.0. The van der Waals surface area contributed by atoms with Gasteiger partial charge in [-0.05, 0) is 37.5 Å². The van der Waals surface area contributed by atoms with Crippen LogP contribution in [0.4, 0.5) is 14.5 Å². The minimum atomic E-state index is -0.612. The maximum atomic E-state index is 13.9. The highest BCUT2D eigenvalue weighted by Gasteiger charge is 2.24. The third-order valence-corrected chi connectivity index (χ3v) is 3.42. The van der Waals surface area contributed by atoms with Gasteiger partial charge in [-0.1, -0.05) is 0 Å². The molecule has 1 N–H and O–H groups in total. The molecule has 0 aliphatic carbocycles. The van der Waals surface area contributed by atoms with E-state index in [1.807, 2.05) is 6.92 Å². The van der Waals surface area contributed by atoms with Gasteiger partial charge in [0.1, 0.15) is 17.3 Å². The van der Waals surface area contributed by atoms with Crippen LogP contribution >= 0.6 is 0 Å². The molecular formula is C14H19F2NO2. The Hall–Kier alpha value is -1.20. The van der Waals surface area contributed by atoms with Crippen LogP contribution in [0.15, 0.2) is 12.1 Å². The van der Waals surface area contributed by atoms with Crippen LogP contribution in [0.3, 0.4) is 0 Å². The fraction of sp³-hybridized carbons (Fsp3) is 0.571. The number of anilines is 1. The summed E-state index contributed by atoms with van der Waals surface area (Å²) in [6, 6.07) is 2.38. The van der Waals surface area contributed by atoms with E-state index in [4.69, 9.17) is 9.84 Å². The molecule has 3 nitrogen and oxygen atoms in total. The van der Waals surface area contributed by atoms with Crippen molar-refractivity contribution in [3.8, 4) is 0 Å². The Bertz CT molecular complexity index is 408. The second kappa shape index (κ2) is 6.30. The first-order valence-electron chi connectivity index (χ1n) is 6.61. The Labute approximate surface area is 111 Å². The molecule has 0 amide bonds. The zero-order chi connectivity index (χ0) is 13.8. The van der Waals surface area contributed by atoms with Gasteiger partial charge in [-0.15, -0.1) is 0 Å². The van der Waals surface area contributed by atoms with Crippen molar-refractivity contribution in [3.05, 3.63) is 29.3 Å². The van der Waals surface area contributed by atoms with Gasteiger partial charge < -0.3 is 14.7 Å². The van der Waals surface area contributed by atoms with Gasteiger partial charge in [-0.2, -0.15) is 0 Å². The van der Waals surface area contributed by atoms with Crippen LogP contribution in [-0.2, 0) is 11.3 Å². The van der Waals surface area contributed by atoms with Crippen LogP contribution in [0.2, 0.25) is 0 Å². The number of aliphatic hydroxyl groups excluding tert-OH is 1. The predicted molar refractivity (Wildman–Crippen MR) is 69.1 cm³/mol. The fourth-order valence-electron chi connectivity index (χ4n) is 2.49. The zero-order valence-electron chi connectivity index (χ0n) is 11.0. The molecule has 1 aliphatic heterocycles. The quantitative estimate of drug-likeness (QED) is 0.913. The van der Waals surface area contributed by atoms with E-state index in [1.54, 1.807) is 4.90 Å². The van der Waals surface area contributed by atoms with Crippen molar-refractivity contribution >= 4 is 5.69 Å². The molecular weight excluding hydrogens is 252 g/mol. The molecule has 19 heavy (non-hydrogen) atoms. The molecule has 106 valence electrons. The number of aliphatic hydroxyl groups is 1. The Morgan fingerprint density at radius 2 is 1.84 bits per heavy atom. The maximum Gasteiger partial charge on any atom is 0.149 e. The SMILES string of the molecule is CCOC1CCN(c2c(F)cc(CO)cc2F)CC1. The number of halogens is 2. The van der Waals surface area contributed by atoms with Crippen molar-refractivity contribution in [1.82, 2.24) is 0 Å². The van der Waals surface area contributed by atoms with Gasteiger partial charge in [0.15, 0.2) is 0 Å². The predicted octanol–water partition coefficient (Wildman–Crippen LogP) is 2.46. The lowest BCUT2D eigenvalue weighted by atomic mass is 10.1. The highest BCUT2D eigenvalue weighted by molar-refractivity contribution is 5.51. The Balaban J connectivity index is 2.11. The molecule has 1 aromatic rings. The smallest absolute Gasteiger partial charge is 0.149 e. The van der Waals surface area contributed by atoms with Gasteiger partial charge in [0, 0.05) is 19.7 Å². The van der Waals surface area contributed by atoms with Crippen LogP contribution in [-0.4, -0.2) is 30.9 Å². The summed E-state index contributed by atoms with van der Waals surface area (Å²) in [7, 11) is 0. The number of rotatable bonds is 4. The second-order valence-electron chi connectivity index (χ2n) is 4.71. The molecule has 0 unspecified atom stereocenters. The lowest BCUT2D eigenvalue weighted by Crippen LogP contribution is -2.38. The molecule has 1 fully saturated rings. The molecule has 0 spiro atoms. The van der Waals surface area contributed by atoms with Crippen LogP contribution in [0.25, 0.3) is 0 Å². The van der Waals surface area contributed by atoms with E-state index in [9.17, 15) is 8.78 Å². The molecule has 0 atom stereocenters. The molecule has 5 heteroatoms. The Kier molecular flexibility index (Phi) is 4.71. The van der Waals surface area contributed by atoms with Crippen molar-refractivity contribution in [3.63, 3.8) is 0 Å². The highest BCUT2D eigenvalue weighted by Crippen LogP contribution is 2.28. The van der Waals surface area contributed by atoms with Gasteiger partial charge in [-0.25, -0.2) is 8.78 Å². The van der Waals surface area contributed by atoms with E-state index >= 15 is 0 Å². The third kappa shape index (κ3) is 3.22. The van der Waals surface area contributed by atoms with Crippen molar-refractivity contribution < 1.29 is 18.6 Å². The first kappa shape index (κ1) is 14.2.